The number of carbonyl (C=O) groups is 1. The third kappa shape index (κ3) is 3.72. The molecule has 0 aliphatic carbocycles. The lowest BCUT2D eigenvalue weighted by atomic mass is 10.2. The van der Waals surface area contributed by atoms with Gasteiger partial charge in [0.2, 0.25) is 10.0 Å². The maximum atomic E-state index is 12.1. The second-order valence-electron chi connectivity index (χ2n) is 4.64. The van der Waals surface area contributed by atoms with Gasteiger partial charge in [-0.05, 0) is 31.0 Å². The molecule has 1 saturated heterocycles. The summed E-state index contributed by atoms with van der Waals surface area (Å²) < 4.78 is 36.9. The van der Waals surface area contributed by atoms with Crippen molar-refractivity contribution < 1.29 is 27.8 Å². The van der Waals surface area contributed by atoms with Crippen molar-refractivity contribution in [2.75, 3.05) is 20.3 Å². The smallest absolute Gasteiger partial charge is 0.240 e. The molecule has 1 fully saturated rings. The van der Waals surface area contributed by atoms with Crippen LogP contribution in [-0.4, -0.2) is 40.8 Å². The highest BCUT2D eigenvalue weighted by Gasteiger charge is 2.21. The number of aromatic carboxylic acids is 1. The van der Waals surface area contributed by atoms with Crippen LogP contribution in [0.3, 0.4) is 0 Å². The van der Waals surface area contributed by atoms with Crippen molar-refractivity contribution >= 4 is 16.0 Å². The second-order valence-corrected chi connectivity index (χ2v) is 6.40. The van der Waals surface area contributed by atoms with Crippen LogP contribution in [0.1, 0.15) is 23.2 Å². The molecule has 116 valence electrons. The van der Waals surface area contributed by atoms with E-state index in [1.165, 1.54) is 19.2 Å². The predicted molar refractivity (Wildman–Crippen MR) is 71.5 cm³/mol. The molecule has 0 saturated carbocycles. The number of ether oxygens (including phenoxy) is 2. The summed E-state index contributed by atoms with van der Waals surface area (Å²) in [5, 5.41) is 11.0. The lowest BCUT2D eigenvalue weighted by Crippen LogP contribution is -2.32. The number of benzene rings is 1. The summed E-state index contributed by atoms with van der Waals surface area (Å²) in [6, 6.07) is 3.58. The van der Waals surface area contributed by atoms with Gasteiger partial charge in [0.15, 0.2) is 0 Å². The van der Waals surface area contributed by atoms with Crippen molar-refractivity contribution in [1.82, 2.24) is 4.72 Å². The molecule has 1 aliphatic heterocycles. The Morgan fingerprint density at radius 2 is 2.29 bits per heavy atom. The minimum atomic E-state index is -3.81. The van der Waals surface area contributed by atoms with Crippen molar-refractivity contribution in [3.8, 4) is 5.75 Å². The van der Waals surface area contributed by atoms with E-state index in [9.17, 15) is 18.3 Å². The van der Waals surface area contributed by atoms with Gasteiger partial charge in [-0.15, -0.1) is 0 Å². The van der Waals surface area contributed by atoms with Crippen molar-refractivity contribution in [3.63, 3.8) is 0 Å². The van der Waals surface area contributed by atoms with Gasteiger partial charge in [0, 0.05) is 18.7 Å². The van der Waals surface area contributed by atoms with E-state index >= 15 is 0 Å². The first-order valence-corrected chi connectivity index (χ1v) is 7.93. The van der Waals surface area contributed by atoms with Crippen molar-refractivity contribution in [2.24, 2.45) is 0 Å². The molecule has 0 unspecified atom stereocenters. The molecule has 1 aliphatic rings. The first-order chi connectivity index (χ1) is 9.94. The van der Waals surface area contributed by atoms with Gasteiger partial charge in [0.25, 0.3) is 0 Å². The first-order valence-electron chi connectivity index (χ1n) is 6.44. The van der Waals surface area contributed by atoms with Crippen LogP contribution in [0.4, 0.5) is 0 Å². The fraction of sp³-hybridized carbons (Fsp3) is 0.462. The van der Waals surface area contributed by atoms with E-state index in [0.717, 1.165) is 18.9 Å². The SMILES string of the molecule is COc1ccc(S(=O)(=O)NC[C@@H]2CCCO2)cc1C(=O)[O-]. The number of sulfonamides is 1. The molecule has 8 heteroatoms. The molecule has 0 bridgehead atoms. The Bertz CT molecular complexity index is 622. The van der Waals surface area contributed by atoms with E-state index in [1.54, 1.807) is 0 Å². The second kappa shape index (κ2) is 6.42. The minimum Gasteiger partial charge on any atom is -0.545 e. The topological polar surface area (TPSA) is 105 Å². The van der Waals surface area contributed by atoms with Gasteiger partial charge in [-0.1, -0.05) is 0 Å². The highest BCUT2D eigenvalue weighted by molar-refractivity contribution is 7.89. The van der Waals surface area contributed by atoms with Gasteiger partial charge in [0.05, 0.1) is 24.1 Å². The number of nitrogens with one attached hydrogen (secondary N) is 1. The molecular weight excluding hydrogens is 298 g/mol. The van der Waals surface area contributed by atoms with Crippen LogP contribution in [0.2, 0.25) is 0 Å². The average Bonchev–Trinajstić information content (AvgIpc) is 2.97. The molecule has 0 spiro atoms. The van der Waals surface area contributed by atoms with Crippen LogP contribution < -0.4 is 14.6 Å². The lowest BCUT2D eigenvalue weighted by Gasteiger charge is -2.14. The van der Waals surface area contributed by atoms with E-state index in [4.69, 9.17) is 9.47 Å². The van der Waals surface area contributed by atoms with E-state index in [0.29, 0.717) is 6.61 Å². The monoisotopic (exact) mass is 314 g/mol. The fourth-order valence-corrected chi connectivity index (χ4v) is 3.20. The van der Waals surface area contributed by atoms with E-state index in [1.807, 2.05) is 0 Å². The Balaban J connectivity index is 2.18. The Morgan fingerprint density at radius 1 is 1.52 bits per heavy atom. The fourth-order valence-electron chi connectivity index (χ4n) is 2.11. The molecule has 1 heterocycles. The first kappa shape index (κ1) is 15.7. The van der Waals surface area contributed by atoms with E-state index < -0.39 is 16.0 Å². The zero-order valence-corrected chi connectivity index (χ0v) is 12.3. The summed E-state index contributed by atoms with van der Waals surface area (Å²) in [6.45, 7) is 0.790. The Labute approximate surface area is 122 Å². The number of carbonyl (C=O) groups excluding carboxylic acids is 1. The third-order valence-corrected chi connectivity index (χ3v) is 4.65. The van der Waals surface area contributed by atoms with E-state index in [2.05, 4.69) is 4.72 Å². The summed E-state index contributed by atoms with van der Waals surface area (Å²) >= 11 is 0. The zero-order valence-electron chi connectivity index (χ0n) is 11.5. The molecule has 0 aromatic heterocycles. The minimum absolute atomic E-state index is 0.0491. The summed E-state index contributed by atoms with van der Waals surface area (Å²) in [5.74, 6) is -1.45. The normalized spacial score (nSPS) is 18.6. The molecule has 0 amide bonds. The molecule has 2 rings (SSSR count). The number of hydrogen-bond acceptors (Lipinski definition) is 6. The molecule has 1 atom stereocenters. The summed E-state index contributed by atoms with van der Waals surface area (Å²) in [6.07, 6.45) is 1.57. The molecule has 7 nitrogen and oxygen atoms in total. The molecule has 1 N–H and O–H groups in total. The van der Waals surface area contributed by atoms with Crippen molar-refractivity contribution in [1.29, 1.82) is 0 Å². The molecule has 0 radical (unpaired) electrons. The quantitative estimate of drug-likeness (QED) is 0.760. The highest BCUT2D eigenvalue weighted by atomic mass is 32.2. The zero-order chi connectivity index (χ0) is 15.5. The molecule has 21 heavy (non-hydrogen) atoms. The van der Waals surface area contributed by atoms with Gasteiger partial charge < -0.3 is 19.4 Å². The number of carboxylic acid groups (broad SMARTS) is 1. The standard InChI is InChI=1S/C13H17NO6S/c1-19-12-5-4-10(7-11(12)13(15)16)21(17,18)14-8-9-3-2-6-20-9/h4-5,7,9,14H,2-3,6,8H2,1H3,(H,15,16)/p-1/t9-/m0/s1. The number of rotatable bonds is 6. The Kier molecular flexibility index (Phi) is 4.81. The maximum Gasteiger partial charge on any atom is 0.240 e. The van der Waals surface area contributed by atoms with Gasteiger partial charge in [-0.2, -0.15) is 0 Å². The van der Waals surface area contributed by atoms with E-state index in [-0.39, 0.29) is 28.9 Å². The largest absolute Gasteiger partial charge is 0.545 e. The Hall–Kier alpha value is -1.64. The van der Waals surface area contributed by atoms with Crippen LogP contribution in [0, 0.1) is 0 Å². The van der Waals surface area contributed by atoms with Crippen molar-refractivity contribution in [3.05, 3.63) is 23.8 Å². The number of hydrogen-bond donors (Lipinski definition) is 1. The van der Waals surface area contributed by atoms with Gasteiger partial charge in [0.1, 0.15) is 5.75 Å². The van der Waals surface area contributed by atoms with Crippen LogP contribution in [0.25, 0.3) is 0 Å². The Morgan fingerprint density at radius 3 is 2.86 bits per heavy atom. The predicted octanol–water partition coefficient (Wildman–Crippen LogP) is -0.484. The highest BCUT2D eigenvalue weighted by Crippen LogP contribution is 2.22. The van der Waals surface area contributed by atoms with Gasteiger partial charge in [-0.25, -0.2) is 13.1 Å². The number of carboxylic acids is 1. The summed E-state index contributed by atoms with van der Waals surface area (Å²) in [5.41, 5.74) is -0.308. The van der Waals surface area contributed by atoms with Crippen LogP contribution in [0.15, 0.2) is 23.1 Å². The van der Waals surface area contributed by atoms with Gasteiger partial charge in [-0.3, -0.25) is 0 Å². The number of methoxy groups -OCH3 is 1. The van der Waals surface area contributed by atoms with Gasteiger partial charge >= 0.3 is 0 Å². The lowest BCUT2D eigenvalue weighted by molar-refractivity contribution is -0.255. The third-order valence-electron chi connectivity index (χ3n) is 3.23. The maximum absolute atomic E-state index is 12.1. The summed E-state index contributed by atoms with van der Waals surface area (Å²) in [7, 11) is -2.51. The summed E-state index contributed by atoms with van der Waals surface area (Å²) in [4.78, 5) is 10.8. The van der Waals surface area contributed by atoms with Crippen molar-refractivity contribution in [2.45, 2.75) is 23.8 Å². The molecule has 1 aromatic rings. The van der Waals surface area contributed by atoms with Crippen LogP contribution >= 0.6 is 0 Å². The van der Waals surface area contributed by atoms with Crippen LogP contribution in [0.5, 0.6) is 5.75 Å². The molecule has 1 aromatic carbocycles. The van der Waals surface area contributed by atoms with Crippen LogP contribution in [-0.2, 0) is 14.8 Å². The average molecular weight is 314 g/mol. The molecular formula is C13H16NO6S-.